The molecule has 4 heteroatoms. The molecule has 1 fully saturated rings. The van der Waals surface area contributed by atoms with Crippen molar-refractivity contribution >= 4 is 0 Å². The first kappa shape index (κ1) is 11.5. The minimum absolute atomic E-state index is 0.110. The summed E-state index contributed by atoms with van der Waals surface area (Å²) in [5.74, 6) is 0.413. The fourth-order valence-electron chi connectivity index (χ4n) is 2.10. The summed E-state index contributed by atoms with van der Waals surface area (Å²) in [6.07, 6.45) is 6.21. The van der Waals surface area contributed by atoms with Crippen molar-refractivity contribution in [1.29, 1.82) is 0 Å². The van der Waals surface area contributed by atoms with Crippen molar-refractivity contribution in [2.45, 2.75) is 38.4 Å². The molecule has 4 nitrogen and oxygen atoms in total. The van der Waals surface area contributed by atoms with Crippen molar-refractivity contribution in [3.8, 4) is 0 Å². The Morgan fingerprint density at radius 3 is 2.75 bits per heavy atom. The number of ether oxygens (including phenoxy) is 1. The van der Waals surface area contributed by atoms with Gasteiger partial charge in [0.25, 0.3) is 0 Å². The number of aromatic nitrogens is 2. The molecule has 0 amide bonds. The van der Waals surface area contributed by atoms with Crippen molar-refractivity contribution in [3.63, 3.8) is 0 Å². The quantitative estimate of drug-likeness (QED) is 0.824. The van der Waals surface area contributed by atoms with Crippen LogP contribution in [0, 0.1) is 5.92 Å². The second-order valence-electron chi connectivity index (χ2n) is 4.77. The third-order valence-electron chi connectivity index (χ3n) is 3.23. The predicted molar refractivity (Wildman–Crippen MR) is 59.7 cm³/mol. The molecule has 1 aromatic rings. The van der Waals surface area contributed by atoms with E-state index in [1.54, 1.807) is 12.4 Å². The van der Waals surface area contributed by atoms with E-state index in [-0.39, 0.29) is 6.10 Å². The zero-order valence-electron chi connectivity index (χ0n) is 9.76. The van der Waals surface area contributed by atoms with Crippen LogP contribution >= 0.6 is 0 Å². The molecule has 1 aromatic heterocycles. The van der Waals surface area contributed by atoms with Crippen molar-refractivity contribution in [2.75, 3.05) is 6.61 Å². The smallest absolute Gasteiger partial charge is 0.115 e. The first-order chi connectivity index (χ1) is 7.62. The highest BCUT2D eigenvalue weighted by Gasteiger charge is 2.38. The maximum atomic E-state index is 10.6. The summed E-state index contributed by atoms with van der Waals surface area (Å²) in [6.45, 7) is 4.81. The Morgan fingerprint density at radius 1 is 1.44 bits per heavy atom. The van der Waals surface area contributed by atoms with Gasteiger partial charge in [-0.3, -0.25) is 0 Å². The second kappa shape index (κ2) is 4.47. The van der Waals surface area contributed by atoms with Gasteiger partial charge in [-0.25, -0.2) is 9.97 Å². The van der Waals surface area contributed by atoms with Gasteiger partial charge in [-0.1, -0.05) is 13.8 Å². The van der Waals surface area contributed by atoms with Crippen LogP contribution in [-0.2, 0) is 10.3 Å². The van der Waals surface area contributed by atoms with E-state index in [4.69, 9.17) is 4.74 Å². The van der Waals surface area contributed by atoms with E-state index < -0.39 is 5.60 Å². The van der Waals surface area contributed by atoms with Crippen LogP contribution in [0.25, 0.3) is 0 Å². The van der Waals surface area contributed by atoms with Crippen LogP contribution in [0.5, 0.6) is 0 Å². The summed E-state index contributed by atoms with van der Waals surface area (Å²) in [7, 11) is 0. The number of aliphatic hydroxyl groups is 1. The molecule has 16 heavy (non-hydrogen) atoms. The zero-order valence-corrected chi connectivity index (χ0v) is 9.76. The average molecular weight is 222 g/mol. The molecule has 2 atom stereocenters. The lowest BCUT2D eigenvalue weighted by atomic mass is 9.82. The largest absolute Gasteiger partial charge is 0.385 e. The van der Waals surface area contributed by atoms with Gasteiger partial charge in [0.05, 0.1) is 18.3 Å². The van der Waals surface area contributed by atoms with Gasteiger partial charge < -0.3 is 9.84 Å². The number of hydrogen-bond donors (Lipinski definition) is 1. The van der Waals surface area contributed by atoms with Gasteiger partial charge in [-0.2, -0.15) is 0 Å². The van der Waals surface area contributed by atoms with Crippen molar-refractivity contribution in [3.05, 3.63) is 24.3 Å². The van der Waals surface area contributed by atoms with Gasteiger partial charge in [0, 0.05) is 30.8 Å². The van der Waals surface area contributed by atoms with Gasteiger partial charge >= 0.3 is 0 Å². The SMILES string of the molecule is CC(C)C1CC(O)(c2cncnc2)CCO1. The topological polar surface area (TPSA) is 55.2 Å². The van der Waals surface area contributed by atoms with E-state index in [1.165, 1.54) is 6.33 Å². The molecule has 0 saturated carbocycles. The molecule has 1 N–H and O–H groups in total. The molecule has 0 spiro atoms. The lowest BCUT2D eigenvalue weighted by Crippen LogP contribution is -2.40. The molecular weight excluding hydrogens is 204 g/mol. The minimum atomic E-state index is -0.825. The van der Waals surface area contributed by atoms with E-state index >= 15 is 0 Å². The zero-order chi connectivity index (χ0) is 11.6. The standard InChI is InChI=1S/C12H18N2O2/c1-9(2)11-5-12(15,3-4-16-11)10-6-13-8-14-7-10/h6-9,11,15H,3-5H2,1-2H3. The maximum Gasteiger partial charge on any atom is 0.115 e. The number of rotatable bonds is 2. The van der Waals surface area contributed by atoms with E-state index in [0.29, 0.717) is 25.4 Å². The molecular formula is C12H18N2O2. The van der Waals surface area contributed by atoms with Crippen LogP contribution in [0.2, 0.25) is 0 Å². The van der Waals surface area contributed by atoms with Crippen LogP contribution in [-0.4, -0.2) is 27.8 Å². The third kappa shape index (κ3) is 2.23. The highest BCUT2D eigenvalue weighted by Crippen LogP contribution is 2.35. The Labute approximate surface area is 95.7 Å². The van der Waals surface area contributed by atoms with E-state index in [1.807, 2.05) is 0 Å². The maximum absolute atomic E-state index is 10.6. The van der Waals surface area contributed by atoms with Crippen LogP contribution < -0.4 is 0 Å². The Hall–Kier alpha value is -1.00. The predicted octanol–water partition coefficient (Wildman–Crippen LogP) is 1.50. The Morgan fingerprint density at radius 2 is 2.12 bits per heavy atom. The monoisotopic (exact) mass is 222 g/mol. The Kier molecular flexibility index (Phi) is 3.21. The van der Waals surface area contributed by atoms with E-state index in [9.17, 15) is 5.11 Å². The highest BCUT2D eigenvalue weighted by molar-refractivity contribution is 5.15. The van der Waals surface area contributed by atoms with E-state index in [0.717, 1.165) is 5.56 Å². The van der Waals surface area contributed by atoms with Crippen molar-refractivity contribution in [1.82, 2.24) is 9.97 Å². The lowest BCUT2D eigenvalue weighted by Gasteiger charge is -2.38. The van der Waals surface area contributed by atoms with Gasteiger partial charge in [0.2, 0.25) is 0 Å². The van der Waals surface area contributed by atoms with Gasteiger partial charge in [0.1, 0.15) is 6.33 Å². The summed E-state index contributed by atoms with van der Waals surface area (Å²) >= 11 is 0. The molecule has 1 aliphatic rings. The summed E-state index contributed by atoms with van der Waals surface area (Å²) in [6, 6.07) is 0. The number of hydrogen-bond acceptors (Lipinski definition) is 4. The van der Waals surface area contributed by atoms with E-state index in [2.05, 4.69) is 23.8 Å². The second-order valence-corrected chi connectivity index (χ2v) is 4.77. The molecule has 1 saturated heterocycles. The molecule has 2 heterocycles. The molecule has 0 bridgehead atoms. The third-order valence-corrected chi connectivity index (χ3v) is 3.23. The Bertz CT molecular complexity index is 342. The minimum Gasteiger partial charge on any atom is -0.385 e. The van der Waals surface area contributed by atoms with Crippen LogP contribution in [0.4, 0.5) is 0 Å². The van der Waals surface area contributed by atoms with Crippen molar-refractivity contribution in [2.24, 2.45) is 5.92 Å². The fourth-order valence-corrected chi connectivity index (χ4v) is 2.10. The molecule has 88 valence electrons. The average Bonchev–Trinajstić information content (AvgIpc) is 2.30. The van der Waals surface area contributed by atoms with Crippen LogP contribution in [0.1, 0.15) is 32.3 Å². The van der Waals surface area contributed by atoms with Gasteiger partial charge in [0.15, 0.2) is 0 Å². The highest BCUT2D eigenvalue weighted by atomic mass is 16.5. The molecule has 1 aliphatic heterocycles. The van der Waals surface area contributed by atoms with Gasteiger partial charge in [-0.15, -0.1) is 0 Å². The summed E-state index contributed by atoms with van der Waals surface area (Å²) < 4.78 is 5.66. The van der Waals surface area contributed by atoms with Crippen molar-refractivity contribution < 1.29 is 9.84 Å². The number of nitrogens with zero attached hydrogens (tertiary/aromatic N) is 2. The molecule has 0 aromatic carbocycles. The normalized spacial score (nSPS) is 30.6. The lowest BCUT2D eigenvalue weighted by molar-refractivity contribution is -0.121. The molecule has 0 radical (unpaired) electrons. The summed E-state index contributed by atoms with van der Waals surface area (Å²) in [4.78, 5) is 7.93. The van der Waals surface area contributed by atoms with Crippen LogP contribution in [0.3, 0.4) is 0 Å². The van der Waals surface area contributed by atoms with Gasteiger partial charge in [-0.05, 0) is 5.92 Å². The summed E-state index contributed by atoms with van der Waals surface area (Å²) in [5.41, 5.74) is -0.0296. The fraction of sp³-hybridized carbons (Fsp3) is 0.667. The first-order valence-electron chi connectivity index (χ1n) is 5.71. The first-order valence-corrected chi connectivity index (χ1v) is 5.71. The summed E-state index contributed by atoms with van der Waals surface area (Å²) in [5, 5.41) is 10.6. The van der Waals surface area contributed by atoms with Crippen LogP contribution in [0.15, 0.2) is 18.7 Å². The molecule has 0 aliphatic carbocycles. The molecule has 2 unspecified atom stereocenters. The Balaban J connectivity index is 2.19. The molecule has 2 rings (SSSR count).